The lowest BCUT2D eigenvalue weighted by atomic mass is 10.1. The number of carbonyl (C=O) groups is 2. The van der Waals surface area contributed by atoms with E-state index in [4.69, 9.17) is 0 Å². The van der Waals surface area contributed by atoms with Crippen LogP contribution in [0.3, 0.4) is 0 Å². The number of halogens is 1. The van der Waals surface area contributed by atoms with Gasteiger partial charge in [0, 0.05) is 30.5 Å². The molecule has 1 aromatic carbocycles. The maximum atomic E-state index is 12.4. The van der Waals surface area contributed by atoms with Crippen LogP contribution in [0.15, 0.2) is 22.7 Å². The Labute approximate surface area is 114 Å². The third-order valence-corrected chi connectivity index (χ3v) is 3.64. The van der Waals surface area contributed by atoms with Crippen molar-refractivity contribution < 1.29 is 9.59 Å². The smallest absolute Gasteiger partial charge is 0.255 e. The van der Waals surface area contributed by atoms with Crippen LogP contribution >= 0.6 is 15.9 Å². The largest absolute Gasteiger partial charge is 0.354 e. The predicted octanol–water partition coefficient (Wildman–Crippen LogP) is 1.72. The number of benzene rings is 1. The Kier molecular flexibility index (Phi) is 4.01. The van der Waals surface area contributed by atoms with E-state index in [9.17, 15) is 9.59 Å². The fourth-order valence-corrected chi connectivity index (χ4v) is 2.36. The highest BCUT2D eigenvalue weighted by atomic mass is 79.9. The van der Waals surface area contributed by atoms with Crippen molar-refractivity contribution in [2.75, 3.05) is 19.6 Å². The van der Waals surface area contributed by atoms with Gasteiger partial charge in [-0.3, -0.25) is 9.59 Å². The van der Waals surface area contributed by atoms with Crippen LogP contribution in [0.5, 0.6) is 0 Å². The van der Waals surface area contributed by atoms with Gasteiger partial charge in [0.25, 0.3) is 5.91 Å². The van der Waals surface area contributed by atoms with Gasteiger partial charge in [-0.25, -0.2) is 0 Å². The first kappa shape index (κ1) is 13.1. The first-order chi connectivity index (χ1) is 8.58. The van der Waals surface area contributed by atoms with E-state index in [-0.39, 0.29) is 11.8 Å². The van der Waals surface area contributed by atoms with Crippen molar-refractivity contribution >= 4 is 27.7 Å². The van der Waals surface area contributed by atoms with E-state index in [0.29, 0.717) is 31.6 Å². The summed E-state index contributed by atoms with van der Waals surface area (Å²) in [4.78, 5) is 25.4. The van der Waals surface area contributed by atoms with Crippen molar-refractivity contribution in [2.24, 2.45) is 0 Å². The minimum absolute atomic E-state index is 0.00797. The number of rotatable bonds is 1. The molecule has 0 unspecified atom stereocenters. The lowest BCUT2D eigenvalue weighted by Gasteiger charge is -2.20. The molecule has 0 radical (unpaired) electrons. The Morgan fingerprint density at radius 2 is 2.17 bits per heavy atom. The number of amides is 2. The van der Waals surface area contributed by atoms with Crippen molar-refractivity contribution in [2.45, 2.75) is 13.3 Å². The molecule has 1 aromatic rings. The van der Waals surface area contributed by atoms with E-state index in [2.05, 4.69) is 21.2 Å². The molecule has 96 valence electrons. The molecule has 1 N–H and O–H groups in total. The van der Waals surface area contributed by atoms with Gasteiger partial charge >= 0.3 is 0 Å². The van der Waals surface area contributed by atoms with Gasteiger partial charge in [0.2, 0.25) is 5.91 Å². The van der Waals surface area contributed by atoms with Crippen LogP contribution in [0.1, 0.15) is 22.3 Å². The summed E-state index contributed by atoms with van der Waals surface area (Å²) >= 11 is 3.40. The second kappa shape index (κ2) is 5.52. The quantitative estimate of drug-likeness (QED) is 0.858. The number of carbonyl (C=O) groups excluding carboxylic acids is 2. The van der Waals surface area contributed by atoms with E-state index in [1.165, 1.54) is 0 Å². The minimum atomic E-state index is -0.0259. The maximum absolute atomic E-state index is 12.4. The second-order valence-corrected chi connectivity index (χ2v) is 5.23. The standard InChI is InChI=1S/C13H15BrN2O2/c1-9-2-3-11(14)10(8-9)13(18)16-6-4-12(17)15-5-7-16/h2-3,8H,4-7H2,1H3,(H,15,17). The topological polar surface area (TPSA) is 49.4 Å². The fraction of sp³-hybridized carbons (Fsp3) is 0.385. The molecule has 0 atom stereocenters. The number of aryl methyl sites for hydroxylation is 1. The van der Waals surface area contributed by atoms with Crippen molar-refractivity contribution in [1.82, 2.24) is 10.2 Å². The lowest BCUT2D eigenvalue weighted by molar-refractivity contribution is -0.120. The zero-order chi connectivity index (χ0) is 13.1. The van der Waals surface area contributed by atoms with Gasteiger partial charge in [-0.15, -0.1) is 0 Å². The molecule has 0 spiro atoms. The lowest BCUT2D eigenvalue weighted by Crippen LogP contribution is -2.34. The van der Waals surface area contributed by atoms with E-state index < -0.39 is 0 Å². The van der Waals surface area contributed by atoms with E-state index >= 15 is 0 Å². The summed E-state index contributed by atoms with van der Waals surface area (Å²) in [5.74, 6) is -0.0179. The summed E-state index contributed by atoms with van der Waals surface area (Å²) in [7, 11) is 0. The van der Waals surface area contributed by atoms with Gasteiger partial charge in [0.15, 0.2) is 0 Å². The molecular weight excluding hydrogens is 296 g/mol. The molecule has 4 nitrogen and oxygen atoms in total. The SMILES string of the molecule is Cc1ccc(Br)c(C(=O)N2CCNC(=O)CC2)c1. The Bertz CT molecular complexity index is 488. The first-order valence-corrected chi connectivity index (χ1v) is 6.69. The molecule has 0 aliphatic carbocycles. The fourth-order valence-electron chi connectivity index (χ4n) is 1.94. The van der Waals surface area contributed by atoms with E-state index in [1.54, 1.807) is 4.90 Å². The van der Waals surface area contributed by atoms with Crippen LogP contribution in [0, 0.1) is 6.92 Å². The van der Waals surface area contributed by atoms with Crippen molar-refractivity contribution in [3.05, 3.63) is 33.8 Å². The van der Waals surface area contributed by atoms with Gasteiger partial charge in [-0.05, 0) is 35.0 Å². The minimum Gasteiger partial charge on any atom is -0.354 e. The van der Waals surface area contributed by atoms with Crippen LogP contribution in [0.2, 0.25) is 0 Å². The zero-order valence-corrected chi connectivity index (χ0v) is 11.8. The van der Waals surface area contributed by atoms with Gasteiger partial charge in [0.05, 0.1) is 5.56 Å². The first-order valence-electron chi connectivity index (χ1n) is 5.90. The van der Waals surface area contributed by atoms with Crippen LogP contribution < -0.4 is 5.32 Å². The highest BCUT2D eigenvalue weighted by Crippen LogP contribution is 2.20. The molecule has 0 aromatic heterocycles. The highest BCUT2D eigenvalue weighted by Gasteiger charge is 2.21. The molecule has 1 fully saturated rings. The molecule has 1 aliphatic heterocycles. The molecule has 1 aliphatic rings. The molecule has 2 amide bonds. The molecule has 18 heavy (non-hydrogen) atoms. The van der Waals surface area contributed by atoms with Crippen LogP contribution in [0.25, 0.3) is 0 Å². The molecule has 0 saturated carbocycles. The van der Waals surface area contributed by atoms with Crippen LogP contribution in [-0.2, 0) is 4.79 Å². The Morgan fingerprint density at radius 3 is 2.94 bits per heavy atom. The van der Waals surface area contributed by atoms with E-state index in [0.717, 1.165) is 10.0 Å². The van der Waals surface area contributed by atoms with Gasteiger partial charge < -0.3 is 10.2 Å². The molecule has 1 saturated heterocycles. The third kappa shape index (κ3) is 2.90. The Hall–Kier alpha value is -1.36. The second-order valence-electron chi connectivity index (χ2n) is 4.38. The highest BCUT2D eigenvalue weighted by molar-refractivity contribution is 9.10. The Balaban J connectivity index is 2.19. The van der Waals surface area contributed by atoms with E-state index in [1.807, 2.05) is 25.1 Å². The average Bonchev–Trinajstić information content (AvgIpc) is 2.56. The van der Waals surface area contributed by atoms with Crippen LogP contribution in [0.4, 0.5) is 0 Å². The normalized spacial score (nSPS) is 16.1. The Morgan fingerprint density at radius 1 is 1.39 bits per heavy atom. The van der Waals surface area contributed by atoms with Crippen molar-refractivity contribution in [3.8, 4) is 0 Å². The number of nitrogens with one attached hydrogen (secondary N) is 1. The monoisotopic (exact) mass is 310 g/mol. The molecule has 5 heteroatoms. The summed E-state index contributed by atoms with van der Waals surface area (Å²) < 4.78 is 0.793. The van der Waals surface area contributed by atoms with Gasteiger partial charge in [-0.1, -0.05) is 11.6 Å². The summed E-state index contributed by atoms with van der Waals surface area (Å²) in [5.41, 5.74) is 1.70. The molecule has 0 bridgehead atoms. The summed E-state index contributed by atoms with van der Waals surface area (Å²) in [6.07, 6.45) is 0.370. The van der Waals surface area contributed by atoms with Gasteiger partial charge in [-0.2, -0.15) is 0 Å². The molecule has 2 rings (SSSR count). The van der Waals surface area contributed by atoms with Crippen molar-refractivity contribution in [1.29, 1.82) is 0 Å². The van der Waals surface area contributed by atoms with Crippen LogP contribution in [-0.4, -0.2) is 36.3 Å². The third-order valence-electron chi connectivity index (χ3n) is 2.95. The number of hydrogen-bond acceptors (Lipinski definition) is 2. The average molecular weight is 311 g/mol. The predicted molar refractivity (Wildman–Crippen MR) is 72.4 cm³/mol. The summed E-state index contributed by atoms with van der Waals surface area (Å²) in [5, 5.41) is 2.76. The number of nitrogens with zero attached hydrogens (tertiary/aromatic N) is 1. The molecule has 1 heterocycles. The zero-order valence-electron chi connectivity index (χ0n) is 10.2. The number of hydrogen-bond donors (Lipinski definition) is 1. The molecular formula is C13H15BrN2O2. The van der Waals surface area contributed by atoms with Crippen molar-refractivity contribution in [3.63, 3.8) is 0 Å². The van der Waals surface area contributed by atoms with Gasteiger partial charge in [0.1, 0.15) is 0 Å². The summed E-state index contributed by atoms with van der Waals surface area (Å²) in [6.45, 7) is 3.51. The summed E-state index contributed by atoms with van der Waals surface area (Å²) in [6, 6.07) is 5.70. The maximum Gasteiger partial charge on any atom is 0.255 e.